The van der Waals surface area contributed by atoms with Crippen LogP contribution in [0.25, 0.3) is 0 Å². The minimum Gasteiger partial charge on any atom is -0.478 e. The van der Waals surface area contributed by atoms with E-state index in [9.17, 15) is 35.1 Å². The summed E-state index contributed by atoms with van der Waals surface area (Å²) in [5, 5.41) is 48.4. The smallest absolute Gasteiger partial charge is 0.331 e. The van der Waals surface area contributed by atoms with Gasteiger partial charge in [0.05, 0.1) is 12.7 Å². The van der Waals surface area contributed by atoms with E-state index in [1.165, 1.54) is 6.08 Å². The maximum absolute atomic E-state index is 11.8. The number of hydrogen-bond acceptors (Lipinski definition) is 8. The van der Waals surface area contributed by atoms with Gasteiger partial charge in [-0.05, 0) is 37.2 Å². The van der Waals surface area contributed by atoms with E-state index in [1.807, 2.05) is 13.8 Å². The molecule has 0 unspecified atom stereocenters. The fraction of sp³-hybridized carbons (Fsp3) is 0.789. The zero-order chi connectivity index (χ0) is 21.2. The van der Waals surface area contributed by atoms with E-state index >= 15 is 0 Å². The summed E-state index contributed by atoms with van der Waals surface area (Å²) in [6, 6.07) is 0. The molecule has 9 nitrogen and oxygen atoms in total. The molecule has 28 heavy (non-hydrogen) atoms. The topological polar surface area (TPSA) is 154 Å². The Morgan fingerprint density at radius 3 is 2.50 bits per heavy atom. The molecule has 9 heteroatoms. The molecule has 7 atom stereocenters. The number of allylic oxidation sites excluding steroid dienone is 1. The van der Waals surface area contributed by atoms with Gasteiger partial charge >= 0.3 is 5.97 Å². The molecule has 1 aliphatic heterocycles. The van der Waals surface area contributed by atoms with Crippen LogP contribution in [0.3, 0.4) is 0 Å². The summed E-state index contributed by atoms with van der Waals surface area (Å²) >= 11 is 0. The molecule has 0 radical (unpaired) electrons. The van der Waals surface area contributed by atoms with Gasteiger partial charge < -0.3 is 35.0 Å². The van der Waals surface area contributed by atoms with E-state index < -0.39 is 54.8 Å². The lowest BCUT2D eigenvalue weighted by atomic mass is 9.66. The van der Waals surface area contributed by atoms with Gasteiger partial charge in [0.25, 0.3) is 0 Å². The van der Waals surface area contributed by atoms with Gasteiger partial charge in [0.1, 0.15) is 24.4 Å². The average Bonchev–Trinajstić information content (AvgIpc) is 2.59. The number of carbonyl (C=O) groups is 2. The van der Waals surface area contributed by atoms with E-state index in [1.54, 1.807) is 6.92 Å². The van der Waals surface area contributed by atoms with Crippen molar-refractivity contribution in [1.29, 1.82) is 0 Å². The number of aliphatic carboxylic acids is 1. The zero-order valence-corrected chi connectivity index (χ0v) is 16.3. The van der Waals surface area contributed by atoms with Crippen LogP contribution in [0.1, 0.15) is 40.0 Å². The van der Waals surface area contributed by atoms with Crippen molar-refractivity contribution in [3.05, 3.63) is 11.6 Å². The fourth-order valence-electron chi connectivity index (χ4n) is 3.95. The Morgan fingerprint density at radius 2 is 1.93 bits per heavy atom. The zero-order valence-electron chi connectivity index (χ0n) is 16.3. The predicted octanol–water partition coefficient (Wildman–Crippen LogP) is -0.402. The van der Waals surface area contributed by atoms with Crippen LogP contribution < -0.4 is 0 Å². The van der Waals surface area contributed by atoms with E-state index in [0.717, 1.165) is 0 Å². The molecule has 160 valence electrons. The lowest BCUT2D eigenvalue weighted by molar-refractivity contribution is -0.310. The van der Waals surface area contributed by atoms with E-state index in [4.69, 9.17) is 9.47 Å². The number of hydrogen-bond donors (Lipinski definition) is 5. The second-order valence-corrected chi connectivity index (χ2v) is 8.31. The Labute approximate surface area is 163 Å². The molecular formula is C19H30O9. The number of carboxylic acid groups (broad SMARTS) is 1. The van der Waals surface area contributed by atoms with E-state index in [-0.39, 0.29) is 23.7 Å². The number of carbonyl (C=O) groups excluding carboxylic acids is 1. The largest absolute Gasteiger partial charge is 0.478 e. The molecule has 0 aromatic rings. The number of rotatable bonds is 7. The molecule has 0 spiro atoms. The second kappa shape index (κ2) is 8.98. The summed E-state index contributed by atoms with van der Waals surface area (Å²) < 4.78 is 11.0. The van der Waals surface area contributed by atoms with Gasteiger partial charge in [0.15, 0.2) is 12.1 Å². The molecule has 0 amide bonds. The van der Waals surface area contributed by atoms with Gasteiger partial charge in [0.2, 0.25) is 0 Å². The Hall–Kier alpha value is -1.36. The predicted molar refractivity (Wildman–Crippen MR) is 96.2 cm³/mol. The Bertz CT molecular complexity index is 613. The van der Waals surface area contributed by atoms with E-state index in [2.05, 4.69) is 0 Å². The SMILES string of the molecule is C[C@@H](CC[C@@H]1C(C(=O)O)=CC(=O)CC1(C)C)O[C@@H]1O[C@H](CO)[C@@H](O)[C@H](O)[C@H]1O. The molecule has 0 aromatic carbocycles. The third-order valence-electron chi connectivity index (χ3n) is 5.59. The molecule has 1 fully saturated rings. The summed E-state index contributed by atoms with van der Waals surface area (Å²) in [7, 11) is 0. The summed E-state index contributed by atoms with van der Waals surface area (Å²) in [6.45, 7) is 4.88. The molecule has 0 saturated carbocycles. The van der Waals surface area contributed by atoms with Gasteiger partial charge in [-0.1, -0.05) is 13.8 Å². The maximum Gasteiger partial charge on any atom is 0.331 e. The standard InChI is InChI=1S/C19H30O9/c1-9(27-18-16(24)15(23)14(22)13(8-20)28-18)4-5-12-11(17(25)26)6-10(21)7-19(12,2)3/h6,9,12-16,18,20,22-24H,4-5,7-8H2,1-3H3,(H,25,26)/t9-,12+,13+,14+,15-,16+,18+/m0/s1. The third-order valence-corrected chi connectivity index (χ3v) is 5.59. The molecule has 1 saturated heterocycles. The Kier molecular flexibility index (Phi) is 7.35. The lowest BCUT2D eigenvalue weighted by Gasteiger charge is -2.41. The second-order valence-electron chi connectivity index (χ2n) is 8.31. The Morgan fingerprint density at radius 1 is 1.29 bits per heavy atom. The van der Waals surface area contributed by atoms with Crippen LogP contribution in [0.4, 0.5) is 0 Å². The van der Waals surface area contributed by atoms with Gasteiger partial charge in [-0.3, -0.25) is 4.79 Å². The van der Waals surface area contributed by atoms with Crippen LogP contribution in [0, 0.1) is 11.3 Å². The van der Waals surface area contributed by atoms with Crippen molar-refractivity contribution in [3.63, 3.8) is 0 Å². The van der Waals surface area contributed by atoms with Gasteiger partial charge in [-0.25, -0.2) is 4.79 Å². The molecule has 0 bridgehead atoms. The first-order chi connectivity index (χ1) is 13.0. The van der Waals surface area contributed by atoms with Crippen molar-refractivity contribution in [2.75, 3.05) is 6.61 Å². The van der Waals surface area contributed by atoms with Crippen molar-refractivity contribution >= 4 is 11.8 Å². The number of ketones is 1. The van der Waals surface area contributed by atoms with Crippen molar-refractivity contribution < 1.29 is 44.6 Å². The Balaban J connectivity index is 2.01. The first kappa shape index (κ1) is 22.9. The molecule has 1 aliphatic carbocycles. The van der Waals surface area contributed by atoms with Crippen LogP contribution in [0.2, 0.25) is 0 Å². The normalized spacial score (nSPS) is 36.7. The summed E-state index contributed by atoms with van der Waals surface area (Å²) in [4.78, 5) is 23.4. The monoisotopic (exact) mass is 402 g/mol. The van der Waals surface area contributed by atoms with Crippen LogP contribution in [0.15, 0.2) is 11.6 Å². The van der Waals surface area contributed by atoms with Crippen LogP contribution in [-0.2, 0) is 19.1 Å². The van der Waals surface area contributed by atoms with Crippen LogP contribution in [-0.4, -0.2) is 80.7 Å². The highest BCUT2D eigenvalue weighted by molar-refractivity contribution is 6.01. The number of aliphatic hydroxyl groups excluding tert-OH is 4. The highest BCUT2D eigenvalue weighted by atomic mass is 16.7. The molecular weight excluding hydrogens is 372 g/mol. The molecule has 2 aliphatic rings. The summed E-state index contributed by atoms with van der Waals surface area (Å²) in [5.74, 6) is -1.67. The highest BCUT2D eigenvalue weighted by Gasteiger charge is 2.45. The van der Waals surface area contributed by atoms with Gasteiger partial charge in [-0.2, -0.15) is 0 Å². The van der Waals surface area contributed by atoms with Gasteiger partial charge in [0, 0.05) is 12.0 Å². The quantitative estimate of drug-likeness (QED) is 0.382. The number of ether oxygens (including phenoxy) is 2. The van der Waals surface area contributed by atoms with Crippen molar-refractivity contribution in [1.82, 2.24) is 0 Å². The lowest BCUT2D eigenvalue weighted by Crippen LogP contribution is -2.59. The first-order valence-electron chi connectivity index (χ1n) is 9.41. The minimum atomic E-state index is -1.52. The average molecular weight is 402 g/mol. The molecule has 5 N–H and O–H groups in total. The summed E-state index contributed by atoms with van der Waals surface area (Å²) in [6.07, 6.45) is -4.91. The molecule has 2 rings (SSSR count). The maximum atomic E-state index is 11.8. The number of aliphatic hydroxyl groups is 4. The van der Waals surface area contributed by atoms with Crippen molar-refractivity contribution in [3.8, 4) is 0 Å². The third kappa shape index (κ3) is 4.97. The highest BCUT2D eigenvalue weighted by Crippen LogP contribution is 2.43. The number of carboxylic acids is 1. The van der Waals surface area contributed by atoms with Gasteiger partial charge in [-0.15, -0.1) is 0 Å². The van der Waals surface area contributed by atoms with Crippen molar-refractivity contribution in [2.45, 2.75) is 76.8 Å². The van der Waals surface area contributed by atoms with Crippen LogP contribution in [0.5, 0.6) is 0 Å². The van der Waals surface area contributed by atoms with Crippen LogP contribution >= 0.6 is 0 Å². The van der Waals surface area contributed by atoms with E-state index in [0.29, 0.717) is 12.8 Å². The summed E-state index contributed by atoms with van der Waals surface area (Å²) in [5.41, 5.74) is -0.427. The molecule has 0 aromatic heterocycles. The minimum absolute atomic E-state index is 0.0845. The van der Waals surface area contributed by atoms with Crippen molar-refractivity contribution in [2.24, 2.45) is 11.3 Å². The fourth-order valence-corrected chi connectivity index (χ4v) is 3.95. The molecule has 1 heterocycles. The first-order valence-corrected chi connectivity index (χ1v) is 9.41.